The first-order valence-corrected chi connectivity index (χ1v) is 9.15. The fraction of sp³-hybridized carbons (Fsp3) is 0.389. The molecule has 0 saturated heterocycles. The minimum Gasteiger partial charge on any atom is -0.347 e. The number of hydrogen-bond acceptors (Lipinski definition) is 4. The van der Waals surface area contributed by atoms with Gasteiger partial charge in [-0.2, -0.15) is 13.2 Å². The number of alkyl halides is 3. The number of nitrogens with one attached hydrogen (secondary N) is 2. The van der Waals surface area contributed by atoms with E-state index < -0.39 is 17.6 Å². The summed E-state index contributed by atoms with van der Waals surface area (Å²) in [5.41, 5.74) is -0.402. The second-order valence-electron chi connectivity index (χ2n) is 6.48. The molecule has 0 fully saturated rings. The van der Waals surface area contributed by atoms with Gasteiger partial charge in [-0.25, -0.2) is 4.98 Å². The number of hydrogen-bond donors (Lipinski definition) is 2. The molecule has 1 aromatic carbocycles. The van der Waals surface area contributed by atoms with Gasteiger partial charge in [0.15, 0.2) is 0 Å². The van der Waals surface area contributed by atoms with E-state index in [9.17, 15) is 22.8 Å². The zero-order chi connectivity index (χ0) is 20.2. The number of rotatable bonds is 6. The molecule has 27 heavy (non-hydrogen) atoms. The van der Waals surface area contributed by atoms with Crippen LogP contribution < -0.4 is 10.6 Å². The van der Waals surface area contributed by atoms with Crippen LogP contribution in [-0.4, -0.2) is 16.8 Å². The number of thiazole rings is 1. The third-order valence-electron chi connectivity index (χ3n) is 3.61. The molecule has 0 aliphatic rings. The first-order valence-electron chi connectivity index (χ1n) is 8.27. The topological polar surface area (TPSA) is 71.1 Å². The molecule has 1 aromatic heterocycles. The van der Waals surface area contributed by atoms with E-state index in [2.05, 4.69) is 15.6 Å². The van der Waals surface area contributed by atoms with Crippen molar-refractivity contribution in [2.24, 2.45) is 5.92 Å². The van der Waals surface area contributed by atoms with Gasteiger partial charge in [-0.15, -0.1) is 11.3 Å². The maximum atomic E-state index is 12.6. The summed E-state index contributed by atoms with van der Waals surface area (Å²) in [5.74, 6) is -0.398. The third kappa shape index (κ3) is 6.06. The highest BCUT2D eigenvalue weighted by molar-refractivity contribution is 7.10. The SMILES string of the molecule is CC(=O)N[C@@H](CC(C)C)c1nc(C(=O)Nc2ccc(C(F)(F)F)cc2)cs1. The van der Waals surface area contributed by atoms with Crippen molar-refractivity contribution in [1.29, 1.82) is 0 Å². The van der Waals surface area contributed by atoms with Gasteiger partial charge in [-0.3, -0.25) is 9.59 Å². The molecule has 146 valence electrons. The Hall–Kier alpha value is -2.42. The van der Waals surface area contributed by atoms with E-state index in [0.29, 0.717) is 17.3 Å². The van der Waals surface area contributed by atoms with Gasteiger partial charge in [0.05, 0.1) is 11.6 Å². The molecule has 1 heterocycles. The average molecular weight is 399 g/mol. The van der Waals surface area contributed by atoms with E-state index >= 15 is 0 Å². The highest BCUT2D eigenvalue weighted by Crippen LogP contribution is 2.30. The van der Waals surface area contributed by atoms with Gasteiger partial charge in [-0.05, 0) is 36.6 Å². The lowest BCUT2D eigenvalue weighted by Crippen LogP contribution is -2.27. The fourth-order valence-electron chi connectivity index (χ4n) is 2.43. The van der Waals surface area contributed by atoms with Gasteiger partial charge in [-0.1, -0.05) is 13.8 Å². The zero-order valence-corrected chi connectivity index (χ0v) is 15.9. The Morgan fingerprint density at radius 2 is 1.81 bits per heavy atom. The first-order chi connectivity index (χ1) is 12.6. The van der Waals surface area contributed by atoms with Crippen molar-refractivity contribution in [1.82, 2.24) is 10.3 Å². The molecule has 0 bridgehead atoms. The van der Waals surface area contributed by atoms with Crippen LogP contribution in [0, 0.1) is 5.92 Å². The molecule has 2 N–H and O–H groups in total. The Bertz CT molecular complexity index is 801. The summed E-state index contributed by atoms with van der Waals surface area (Å²) in [5, 5.41) is 7.51. The zero-order valence-electron chi connectivity index (χ0n) is 15.1. The standard InChI is InChI=1S/C18H20F3N3O2S/c1-10(2)8-14(22-11(3)25)17-24-15(9-27-17)16(26)23-13-6-4-12(5-7-13)18(19,20)21/h4-7,9-10,14H,8H2,1-3H3,(H,22,25)(H,23,26)/t14-/m0/s1. The number of carbonyl (C=O) groups excluding carboxylic acids is 2. The normalized spacial score (nSPS) is 12.7. The number of anilines is 1. The Balaban J connectivity index is 2.10. The molecule has 2 amide bonds. The predicted octanol–water partition coefficient (Wildman–Crippen LogP) is 4.64. The van der Waals surface area contributed by atoms with E-state index in [-0.39, 0.29) is 23.3 Å². The first kappa shape index (κ1) is 20.9. The second-order valence-corrected chi connectivity index (χ2v) is 7.37. The molecule has 9 heteroatoms. The van der Waals surface area contributed by atoms with E-state index in [4.69, 9.17) is 0 Å². The van der Waals surface area contributed by atoms with Crippen LogP contribution in [0.1, 0.15) is 54.3 Å². The van der Waals surface area contributed by atoms with Gasteiger partial charge in [0.1, 0.15) is 10.7 Å². The van der Waals surface area contributed by atoms with E-state index in [1.165, 1.54) is 30.4 Å². The van der Waals surface area contributed by atoms with Crippen LogP contribution in [-0.2, 0) is 11.0 Å². The Labute approximate surface area is 159 Å². The minimum absolute atomic E-state index is 0.147. The van der Waals surface area contributed by atoms with Crippen molar-refractivity contribution >= 4 is 28.8 Å². The smallest absolute Gasteiger partial charge is 0.347 e. The maximum absolute atomic E-state index is 12.6. The minimum atomic E-state index is -4.43. The van der Waals surface area contributed by atoms with Crippen LogP contribution in [0.25, 0.3) is 0 Å². The number of carbonyl (C=O) groups is 2. The quantitative estimate of drug-likeness (QED) is 0.744. The Morgan fingerprint density at radius 3 is 2.33 bits per heavy atom. The van der Waals surface area contributed by atoms with Gasteiger partial charge >= 0.3 is 6.18 Å². The molecule has 0 unspecified atom stereocenters. The summed E-state index contributed by atoms with van der Waals surface area (Å²) >= 11 is 1.25. The van der Waals surface area contributed by atoms with E-state index in [1.54, 1.807) is 5.38 Å². The van der Waals surface area contributed by atoms with E-state index in [1.807, 2.05) is 13.8 Å². The summed E-state index contributed by atoms with van der Waals surface area (Å²) in [7, 11) is 0. The van der Waals surface area contributed by atoms with Gasteiger partial charge in [0.25, 0.3) is 5.91 Å². The molecule has 0 saturated carbocycles. The summed E-state index contributed by atoms with van der Waals surface area (Å²) in [6.07, 6.45) is -3.76. The average Bonchev–Trinajstić information content (AvgIpc) is 3.03. The third-order valence-corrected chi connectivity index (χ3v) is 4.57. The maximum Gasteiger partial charge on any atom is 0.416 e. The lowest BCUT2D eigenvalue weighted by Gasteiger charge is -2.17. The number of benzene rings is 1. The van der Waals surface area contributed by atoms with Crippen molar-refractivity contribution in [2.75, 3.05) is 5.32 Å². The Morgan fingerprint density at radius 1 is 1.19 bits per heavy atom. The summed E-state index contributed by atoms with van der Waals surface area (Å²) in [4.78, 5) is 28.0. The van der Waals surface area contributed by atoms with Crippen LogP contribution in [0.3, 0.4) is 0 Å². The highest BCUT2D eigenvalue weighted by atomic mass is 32.1. The molecule has 0 aliphatic carbocycles. The van der Waals surface area contributed by atoms with Crippen molar-refractivity contribution in [2.45, 2.75) is 39.4 Å². The summed E-state index contributed by atoms with van der Waals surface area (Å²) in [6.45, 7) is 5.44. The van der Waals surface area contributed by atoms with Crippen LogP contribution in [0.4, 0.5) is 18.9 Å². The number of halogens is 3. The number of amides is 2. The number of aromatic nitrogens is 1. The van der Waals surface area contributed by atoms with Crippen LogP contribution >= 0.6 is 11.3 Å². The van der Waals surface area contributed by atoms with Crippen molar-refractivity contribution in [3.05, 3.63) is 45.9 Å². The largest absolute Gasteiger partial charge is 0.416 e. The molecule has 0 radical (unpaired) electrons. The van der Waals surface area contributed by atoms with Gasteiger partial charge in [0.2, 0.25) is 5.91 Å². The predicted molar refractivity (Wildman–Crippen MR) is 97.5 cm³/mol. The summed E-state index contributed by atoms with van der Waals surface area (Å²) < 4.78 is 37.7. The fourth-order valence-corrected chi connectivity index (χ4v) is 3.29. The van der Waals surface area contributed by atoms with Crippen molar-refractivity contribution in [3.8, 4) is 0 Å². The van der Waals surface area contributed by atoms with Gasteiger partial charge < -0.3 is 10.6 Å². The second kappa shape index (κ2) is 8.51. The molecule has 0 aliphatic heterocycles. The van der Waals surface area contributed by atoms with Crippen LogP contribution in [0.15, 0.2) is 29.6 Å². The molecule has 1 atom stereocenters. The molecule has 2 aromatic rings. The molecule has 5 nitrogen and oxygen atoms in total. The molecular weight excluding hydrogens is 379 g/mol. The molecule has 2 rings (SSSR count). The van der Waals surface area contributed by atoms with Crippen LogP contribution in [0.2, 0.25) is 0 Å². The van der Waals surface area contributed by atoms with Crippen molar-refractivity contribution < 1.29 is 22.8 Å². The lowest BCUT2D eigenvalue weighted by atomic mass is 10.0. The van der Waals surface area contributed by atoms with Gasteiger partial charge in [0, 0.05) is 18.0 Å². The monoisotopic (exact) mass is 399 g/mol. The molecular formula is C18H20F3N3O2S. The Kier molecular flexibility index (Phi) is 6.59. The van der Waals surface area contributed by atoms with Crippen molar-refractivity contribution in [3.63, 3.8) is 0 Å². The highest BCUT2D eigenvalue weighted by Gasteiger charge is 2.30. The van der Waals surface area contributed by atoms with Crippen LogP contribution in [0.5, 0.6) is 0 Å². The molecule has 0 spiro atoms. The van der Waals surface area contributed by atoms with E-state index in [0.717, 1.165) is 12.1 Å². The number of nitrogens with zero attached hydrogens (tertiary/aromatic N) is 1. The summed E-state index contributed by atoms with van der Waals surface area (Å²) in [6, 6.07) is 3.88. The lowest BCUT2D eigenvalue weighted by molar-refractivity contribution is -0.137.